The highest BCUT2D eigenvalue weighted by Crippen LogP contribution is 2.14. The lowest BCUT2D eigenvalue weighted by molar-refractivity contribution is -0.150. The Morgan fingerprint density at radius 1 is 1.19 bits per heavy atom. The van der Waals surface area contributed by atoms with Crippen LogP contribution in [0.25, 0.3) is 0 Å². The topological polar surface area (TPSA) is 92.8 Å². The summed E-state index contributed by atoms with van der Waals surface area (Å²) >= 11 is 1.53. The number of carbonyl (C=O) groups excluding carboxylic acids is 2. The van der Waals surface area contributed by atoms with Crippen LogP contribution in [0.5, 0.6) is 0 Å². The van der Waals surface area contributed by atoms with Crippen molar-refractivity contribution in [3.8, 4) is 0 Å². The predicted octanol–water partition coefficient (Wildman–Crippen LogP) is 1.85. The molecule has 0 fully saturated rings. The Morgan fingerprint density at radius 3 is 2.56 bits per heavy atom. The minimum absolute atomic E-state index is 0.0740. The second-order valence-electron chi connectivity index (χ2n) is 6.11. The number of hydrogen-bond acceptors (Lipinski definition) is 6. The summed E-state index contributed by atoms with van der Waals surface area (Å²) in [7, 11) is -2.22. The Morgan fingerprint density at radius 2 is 1.93 bits per heavy atom. The summed E-state index contributed by atoms with van der Waals surface area (Å²) in [5.41, 5.74) is 2.79. The molecule has 0 atom stereocenters. The summed E-state index contributed by atoms with van der Waals surface area (Å²) in [5.74, 6) is -1.19. The minimum atomic E-state index is -3.83. The number of thiophene rings is 1. The van der Waals surface area contributed by atoms with Gasteiger partial charge in [0.2, 0.25) is 10.0 Å². The summed E-state index contributed by atoms with van der Waals surface area (Å²) in [5, 5.41) is 3.84. The molecule has 1 N–H and O–H groups in total. The third-order valence-corrected chi connectivity index (χ3v) is 6.11. The highest BCUT2D eigenvalue weighted by Gasteiger charge is 2.18. The van der Waals surface area contributed by atoms with E-state index < -0.39 is 29.1 Å². The molecular formula is C18H22N2O5S2. The molecule has 1 heterocycles. The van der Waals surface area contributed by atoms with Crippen LogP contribution in [0.15, 0.2) is 39.9 Å². The molecule has 0 aliphatic rings. The first-order valence-corrected chi connectivity index (χ1v) is 10.6. The fourth-order valence-electron chi connectivity index (χ4n) is 2.17. The molecule has 0 spiro atoms. The molecule has 2 aromatic rings. The number of aryl methyl sites for hydroxylation is 2. The van der Waals surface area contributed by atoms with Crippen molar-refractivity contribution in [1.29, 1.82) is 0 Å². The fraction of sp³-hybridized carbons (Fsp3) is 0.333. The molecule has 0 aliphatic heterocycles. The Hall–Kier alpha value is -2.23. The lowest BCUT2D eigenvalue weighted by Gasteiger charge is -2.16. The van der Waals surface area contributed by atoms with E-state index in [9.17, 15) is 18.0 Å². The first kappa shape index (κ1) is 21.1. The van der Waals surface area contributed by atoms with Crippen molar-refractivity contribution in [2.24, 2.45) is 0 Å². The maximum Gasteiger partial charge on any atom is 0.321 e. The molecule has 27 heavy (non-hydrogen) atoms. The van der Waals surface area contributed by atoms with Gasteiger partial charge in [0.15, 0.2) is 6.61 Å². The summed E-state index contributed by atoms with van der Waals surface area (Å²) in [6.45, 7) is 3.12. The van der Waals surface area contributed by atoms with Crippen LogP contribution in [0.1, 0.15) is 16.7 Å². The van der Waals surface area contributed by atoms with Gasteiger partial charge >= 0.3 is 5.97 Å². The zero-order valence-electron chi connectivity index (χ0n) is 15.4. The van der Waals surface area contributed by atoms with Crippen LogP contribution in [0.3, 0.4) is 0 Å². The van der Waals surface area contributed by atoms with Crippen LogP contribution in [0.4, 0.5) is 0 Å². The Bertz CT molecular complexity index is 908. The number of hydrogen-bond donors (Lipinski definition) is 1. The van der Waals surface area contributed by atoms with Crippen molar-refractivity contribution in [3.05, 3.63) is 51.7 Å². The number of likely N-dealkylation sites (N-methyl/N-ethyl adjacent to an activating group) is 1. The number of carbonyl (C=O) groups is 2. The van der Waals surface area contributed by atoms with Crippen LogP contribution < -0.4 is 4.72 Å². The van der Waals surface area contributed by atoms with Gasteiger partial charge in [-0.2, -0.15) is 16.1 Å². The highest BCUT2D eigenvalue weighted by molar-refractivity contribution is 7.89. The Labute approximate surface area is 163 Å². The van der Waals surface area contributed by atoms with Crippen LogP contribution in [0, 0.1) is 13.8 Å². The van der Waals surface area contributed by atoms with Crippen molar-refractivity contribution in [2.75, 3.05) is 20.2 Å². The zero-order chi connectivity index (χ0) is 20.0. The van der Waals surface area contributed by atoms with E-state index in [1.807, 2.05) is 23.8 Å². The van der Waals surface area contributed by atoms with E-state index >= 15 is 0 Å². The van der Waals surface area contributed by atoms with Gasteiger partial charge in [0.05, 0.1) is 4.90 Å². The van der Waals surface area contributed by atoms with E-state index in [1.165, 1.54) is 28.4 Å². The third kappa shape index (κ3) is 6.16. The molecular weight excluding hydrogens is 388 g/mol. The van der Waals surface area contributed by atoms with E-state index in [4.69, 9.17) is 4.74 Å². The Kier molecular flexibility index (Phi) is 7.11. The van der Waals surface area contributed by atoms with E-state index in [-0.39, 0.29) is 10.8 Å². The monoisotopic (exact) mass is 410 g/mol. The summed E-state index contributed by atoms with van der Waals surface area (Å²) in [6, 6.07) is 6.61. The molecule has 0 bridgehead atoms. The average molecular weight is 411 g/mol. The first-order valence-electron chi connectivity index (χ1n) is 8.16. The quantitative estimate of drug-likeness (QED) is 0.671. The van der Waals surface area contributed by atoms with Crippen molar-refractivity contribution in [2.45, 2.75) is 25.3 Å². The molecule has 1 aromatic carbocycles. The molecule has 9 heteroatoms. The van der Waals surface area contributed by atoms with Gasteiger partial charge in [-0.1, -0.05) is 6.07 Å². The van der Waals surface area contributed by atoms with E-state index in [1.54, 1.807) is 20.0 Å². The molecule has 1 amide bonds. The van der Waals surface area contributed by atoms with Gasteiger partial charge in [0.1, 0.15) is 6.54 Å². The van der Waals surface area contributed by atoms with Crippen molar-refractivity contribution in [1.82, 2.24) is 9.62 Å². The third-order valence-electron chi connectivity index (χ3n) is 3.98. The number of benzene rings is 1. The van der Waals surface area contributed by atoms with Gasteiger partial charge in [-0.25, -0.2) is 8.42 Å². The van der Waals surface area contributed by atoms with Crippen molar-refractivity contribution >= 4 is 33.2 Å². The second kappa shape index (κ2) is 9.12. The van der Waals surface area contributed by atoms with Gasteiger partial charge in [0, 0.05) is 13.6 Å². The number of sulfonamides is 1. The lowest BCUT2D eigenvalue weighted by atomic mass is 10.1. The van der Waals surface area contributed by atoms with E-state index in [0.717, 1.165) is 16.7 Å². The second-order valence-corrected chi connectivity index (χ2v) is 8.66. The fourth-order valence-corrected chi connectivity index (χ4v) is 3.88. The zero-order valence-corrected chi connectivity index (χ0v) is 17.0. The highest BCUT2D eigenvalue weighted by atomic mass is 32.2. The van der Waals surface area contributed by atoms with Crippen molar-refractivity contribution < 1.29 is 22.7 Å². The van der Waals surface area contributed by atoms with Crippen LogP contribution in [0.2, 0.25) is 0 Å². The van der Waals surface area contributed by atoms with Gasteiger partial charge in [-0.05, 0) is 59.5 Å². The number of ether oxygens (including phenoxy) is 1. The molecule has 0 aliphatic carbocycles. The summed E-state index contributed by atoms with van der Waals surface area (Å²) in [6.07, 6.45) is 0. The maximum absolute atomic E-state index is 12.2. The average Bonchev–Trinajstić information content (AvgIpc) is 3.13. The first-order chi connectivity index (χ1) is 12.7. The molecule has 0 saturated heterocycles. The number of esters is 1. The lowest BCUT2D eigenvalue weighted by Crippen LogP contribution is -2.34. The molecule has 0 unspecified atom stereocenters. The number of rotatable bonds is 8. The molecule has 146 valence electrons. The van der Waals surface area contributed by atoms with Gasteiger partial charge in [-0.15, -0.1) is 0 Å². The summed E-state index contributed by atoms with van der Waals surface area (Å²) in [4.78, 5) is 25.3. The standard InChI is InChI=1S/C18H22N2O5S2/c1-13-4-5-16(8-14(13)2)27(23,24)19-9-18(22)25-11-17(21)20(3)10-15-6-7-26-12-15/h4-8,12,19H,9-11H2,1-3H3. The van der Waals surface area contributed by atoms with Crippen LogP contribution in [-0.4, -0.2) is 45.4 Å². The molecule has 1 aromatic heterocycles. The van der Waals surface area contributed by atoms with Gasteiger partial charge in [0.25, 0.3) is 5.91 Å². The minimum Gasteiger partial charge on any atom is -0.455 e. The molecule has 7 nitrogen and oxygen atoms in total. The molecule has 0 radical (unpaired) electrons. The van der Waals surface area contributed by atoms with Crippen LogP contribution >= 0.6 is 11.3 Å². The van der Waals surface area contributed by atoms with E-state index in [2.05, 4.69) is 4.72 Å². The predicted molar refractivity (Wildman–Crippen MR) is 103 cm³/mol. The smallest absolute Gasteiger partial charge is 0.321 e. The van der Waals surface area contributed by atoms with E-state index in [0.29, 0.717) is 6.54 Å². The summed E-state index contributed by atoms with van der Waals surface area (Å²) < 4.78 is 31.5. The number of nitrogens with zero attached hydrogens (tertiary/aromatic N) is 1. The normalized spacial score (nSPS) is 11.2. The molecule has 0 saturated carbocycles. The maximum atomic E-state index is 12.2. The number of nitrogens with one attached hydrogen (secondary N) is 1. The number of amides is 1. The van der Waals surface area contributed by atoms with Gasteiger partial charge < -0.3 is 9.64 Å². The van der Waals surface area contributed by atoms with Crippen molar-refractivity contribution in [3.63, 3.8) is 0 Å². The Balaban J connectivity index is 1.81. The largest absolute Gasteiger partial charge is 0.455 e. The SMILES string of the molecule is Cc1ccc(S(=O)(=O)NCC(=O)OCC(=O)N(C)Cc2ccsc2)cc1C. The van der Waals surface area contributed by atoms with Crippen LogP contribution in [-0.2, 0) is 30.9 Å². The molecule has 2 rings (SSSR count). The van der Waals surface area contributed by atoms with Gasteiger partial charge in [-0.3, -0.25) is 9.59 Å².